The molecule has 0 fully saturated rings. The third-order valence-electron chi connectivity index (χ3n) is 5.03. The molecule has 1 aliphatic heterocycles. The first-order chi connectivity index (χ1) is 14.8. The predicted octanol–water partition coefficient (Wildman–Crippen LogP) is 2.74. The first kappa shape index (κ1) is 20.8. The molecule has 2 N–H and O–H groups in total. The van der Waals surface area contributed by atoms with Crippen molar-refractivity contribution in [2.75, 3.05) is 30.8 Å². The van der Waals surface area contributed by atoms with Crippen molar-refractivity contribution in [3.05, 3.63) is 60.2 Å². The summed E-state index contributed by atoms with van der Waals surface area (Å²) in [7, 11) is -2.62. The van der Waals surface area contributed by atoms with Crippen LogP contribution in [-0.4, -0.2) is 44.7 Å². The average Bonchev–Trinajstić information content (AvgIpc) is 2.73. The van der Waals surface area contributed by atoms with Crippen LogP contribution in [0.25, 0.3) is 10.8 Å². The van der Waals surface area contributed by atoms with Gasteiger partial charge in [0.2, 0.25) is 15.9 Å². The number of carbonyl (C=O) groups excluding carboxylic acids is 2. The molecule has 0 saturated carbocycles. The molecule has 1 aliphatic rings. The SMILES string of the molecule is Cc1cc2c(cc1S(=O)(=O)N(C)CC(=O)Nc1cccc3ccccc13)OCC(=O)N2. The molecule has 4 rings (SSSR count). The van der Waals surface area contributed by atoms with Crippen LogP contribution in [0.3, 0.4) is 0 Å². The van der Waals surface area contributed by atoms with Gasteiger partial charge in [-0.2, -0.15) is 4.31 Å². The van der Waals surface area contributed by atoms with E-state index in [4.69, 9.17) is 4.74 Å². The summed E-state index contributed by atoms with van der Waals surface area (Å²) in [6.07, 6.45) is 0. The zero-order valence-corrected chi connectivity index (χ0v) is 17.8. The molecular weight excluding hydrogens is 418 g/mol. The molecule has 0 bridgehead atoms. The van der Waals surface area contributed by atoms with Gasteiger partial charge >= 0.3 is 0 Å². The molecule has 0 atom stereocenters. The van der Waals surface area contributed by atoms with Gasteiger partial charge in [0, 0.05) is 24.2 Å². The van der Waals surface area contributed by atoms with Crippen LogP contribution in [0.15, 0.2) is 59.5 Å². The van der Waals surface area contributed by atoms with Crippen molar-refractivity contribution >= 4 is 44.0 Å². The molecule has 0 radical (unpaired) electrons. The van der Waals surface area contributed by atoms with E-state index >= 15 is 0 Å². The van der Waals surface area contributed by atoms with Crippen molar-refractivity contribution in [3.8, 4) is 5.75 Å². The number of sulfonamides is 1. The second kappa shape index (κ2) is 8.01. The number of fused-ring (bicyclic) bond motifs is 2. The smallest absolute Gasteiger partial charge is 0.262 e. The number of benzene rings is 3. The van der Waals surface area contributed by atoms with Crippen molar-refractivity contribution in [2.24, 2.45) is 0 Å². The summed E-state index contributed by atoms with van der Waals surface area (Å²) >= 11 is 0. The third kappa shape index (κ3) is 4.10. The van der Waals surface area contributed by atoms with Gasteiger partial charge in [-0.05, 0) is 30.0 Å². The Morgan fingerprint density at radius 1 is 1.16 bits per heavy atom. The molecule has 160 valence electrons. The average molecular weight is 439 g/mol. The van der Waals surface area contributed by atoms with E-state index in [0.717, 1.165) is 15.1 Å². The minimum absolute atomic E-state index is 0.0165. The molecule has 2 amide bonds. The summed E-state index contributed by atoms with van der Waals surface area (Å²) in [6, 6.07) is 16.1. The van der Waals surface area contributed by atoms with Gasteiger partial charge in [0.15, 0.2) is 6.61 Å². The first-order valence-electron chi connectivity index (χ1n) is 9.57. The summed E-state index contributed by atoms with van der Waals surface area (Å²) in [5.74, 6) is -0.483. The van der Waals surface area contributed by atoms with Crippen LogP contribution >= 0.6 is 0 Å². The van der Waals surface area contributed by atoms with Gasteiger partial charge in [-0.1, -0.05) is 36.4 Å². The number of nitrogens with one attached hydrogen (secondary N) is 2. The summed E-state index contributed by atoms with van der Waals surface area (Å²) in [5.41, 5.74) is 1.47. The fourth-order valence-corrected chi connectivity index (χ4v) is 4.82. The Balaban J connectivity index is 1.54. The maximum absolute atomic E-state index is 13.1. The molecule has 0 aromatic heterocycles. The number of nitrogens with zero attached hydrogens (tertiary/aromatic N) is 1. The number of ether oxygens (including phenoxy) is 1. The number of likely N-dealkylation sites (N-methyl/N-ethyl adjacent to an activating group) is 1. The van der Waals surface area contributed by atoms with Gasteiger partial charge in [-0.15, -0.1) is 0 Å². The van der Waals surface area contributed by atoms with Crippen LogP contribution in [0.5, 0.6) is 5.75 Å². The van der Waals surface area contributed by atoms with E-state index in [1.807, 2.05) is 36.4 Å². The highest BCUT2D eigenvalue weighted by Crippen LogP contribution is 2.34. The predicted molar refractivity (Wildman–Crippen MR) is 118 cm³/mol. The lowest BCUT2D eigenvalue weighted by Crippen LogP contribution is -2.35. The van der Waals surface area contributed by atoms with Crippen molar-refractivity contribution in [3.63, 3.8) is 0 Å². The minimum Gasteiger partial charge on any atom is -0.482 e. The lowest BCUT2D eigenvalue weighted by atomic mass is 10.1. The standard InChI is InChI=1S/C22H21N3O5S/c1-14-10-18-19(30-13-22(27)24-18)11-20(14)31(28,29)25(2)12-21(26)23-17-9-5-7-15-6-3-4-8-16(15)17/h3-11H,12-13H2,1-2H3,(H,23,26)(H,24,27). The highest BCUT2D eigenvalue weighted by atomic mass is 32.2. The maximum atomic E-state index is 13.1. The Morgan fingerprint density at radius 2 is 1.90 bits per heavy atom. The van der Waals surface area contributed by atoms with Gasteiger partial charge in [0.25, 0.3) is 5.91 Å². The van der Waals surface area contributed by atoms with E-state index in [1.54, 1.807) is 19.1 Å². The van der Waals surface area contributed by atoms with Crippen LogP contribution < -0.4 is 15.4 Å². The Kier molecular flexibility index (Phi) is 5.38. The molecular formula is C22H21N3O5S. The van der Waals surface area contributed by atoms with Crippen LogP contribution in [0.2, 0.25) is 0 Å². The van der Waals surface area contributed by atoms with E-state index in [2.05, 4.69) is 10.6 Å². The van der Waals surface area contributed by atoms with E-state index in [0.29, 0.717) is 16.9 Å². The Bertz CT molecular complexity index is 1300. The summed E-state index contributed by atoms with van der Waals surface area (Å²) in [5, 5.41) is 7.28. The number of anilines is 2. The number of carbonyl (C=O) groups is 2. The zero-order chi connectivity index (χ0) is 22.2. The highest BCUT2D eigenvalue weighted by molar-refractivity contribution is 7.89. The Labute approximate surface area is 179 Å². The topological polar surface area (TPSA) is 105 Å². The number of aryl methyl sites for hydroxylation is 1. The van der Waals surface area contributed by atoms with Crippen molar-refractivity contribution in [1.82, 2.24) is 4.31 Å². The summed E-state index contributed by atoms with van der Waals surface area (Å²) in [6.45, 7) is 1.08. The molecule has 0 saturated heterocycles. The number of hydrogen-bond donors (Lipinski definition) is 2. The molecule has 0 aliphatic carbocycles. The number of hydrogen-bond acceptors (Lipinski definition) is 5. The van der Waals surface area contributed by atoms with E-state index < -0.39 is 15.9 Å². The molecule has 0 spiro atoms. The van der Waals surface area contributed by atoms with Gasteiger partial charge < -0.3 is 15.4 Å². The molecule has 8 nitrogen and oxygen atoms in total. The second-order valence-electron chi connectivity index (χ2n) is 7.29. The molecule has 9 heteroatoms. The molecule has 0 unspecified atom stereocenters. The molecule has 3 aromatic carbocycles. The van der Waals surface area contributed by atoms with Gasteiger partial charge in [-0.3, -0.25) is 9.59 Å². The quantitative estimate of drug-likeness (QED) is 0.636. The van der Waals surface area contributed by atoms with E-state index in [1.165, 1.54) is 13.1 Å². The highest BCUT2D eigenvalue weighted by Gasteiger charge is 2.28. The van der Waals surface area contributed by atoms with Crippen molar-refractivity contribution < 1.29 is 22.7 Å². The lowest BCUT2D eigenvalue weighted by molar-refractivity contribution is -0.118. The lowest BCUT2D eigenvalue weighted by Gasteiger charge is -2.22. The van der Waals surface area contributed by atoms with Crippen LogP contribution in [0, 0.1) is 6.92 Å². The van der Waals surface area contributed by atoms with Crippen LogP contribution in [0.4, 0.5) is 11.4 Å². The summed E-state index contributed by atoms with van der Waals surface area (Å²) in [4.78, 5) is 24.1. The van der Waals surface area contributed by atoms with Crippen molar-refractivity contribution in [1.29, 1.82) is 0 Å². The van der Waals surface area contributed by atoms with Crippen LogP contribution in [-0.2, 0) is 19.6 Å². The summed E-state index contributed by atoms with van der Waals surface area (Å²) < 4.78 is 32.5. The second-order valence-corrected chi connectivity index (χ2v) is 9.30. The van der Waals surface area contributed by atoms with Gasteiger partial charge in [0.05, 0.1) is 17.1 Å². The first-order valence-corrected chi connectivity index (χ1v) is 11.0. The maximum Gasteiger partial charge on any atom is 0.262 e. The molecule has 3 aromatic rings. The zero-order valence-electron chi connectivity index (χ0n) is 17.0. The Hall–Kier alpha value is -3.43. The molecule has 31 heavy (non-hydrogen) atoms. The fraction of sp³-hybridized carbons (Fsp3) is 0.182. The fourth-order valence-electron chi connectivity index (χ4n) is 3.47. The van der Waals surface area contributed by atoms with Gasteiger partial charge in [0.1, 0.15) is 5.75 Å². The largest absolute Gasteiger partial charge is 0.482 e. The number of amides is 2. The van der Waals surface area contributed by atoms with E-state index in [9.17, 15) is 18.0 Å². The normalized spacial score (nSPS) is 13.5. The molecule has 1 heterocycles. The number of rotatable bonds is 5. The minimum atomic E-state index is -3.97. The third-order valence-corrected chi connectivity index (χ3v) is 6.97. The van der Waals surface area contributed by atoms with Crippen molar-refractivity contribution in [2.45, 2.75) is 11.8 Å². The Morgan fingerprint density at radius 3 is 2.71 bits per heavy atom. The monoisotopic (exact) mass is 439 g/mol. The van der Waals surface area contributed by atoms with Gasteiger partial charge in [-0.25, -0.2) is 8.42 Å². The van der Waals surface area contributed by atoms with E-state index in [-0.39, 0.29) is 29.7 Å². The van der Waals surface area contributed by atoms with Crippen LogP contribution in [0.1, 0.15) is 5.56 Å².